The van der Waals surface area contributed by atoms with Gasteiger partial charge in [0.15, 0.2) is 0 Å². The van der Waals surface area contributed by atoms with E-state index in [9.17, 15) is 18.0 Å². The molecule has 124 valence electrons. The average molecular weight is 310 g/mol. The Hall–Kier alpha value is -0.820. The van der Waals surface area contributed by atoms with E-state index in [4.69, 9.17) is 4.74 Å². The van der Waals surface area contributed by atoms with Crippen LogP contribution in [0.3, 0.4) is 0 Å². The van der Waals surface area contributed by atoms with Gasteiger partial charge in [-0.25, -0.2) is 0 Å². The van der Waals surface area contributed by atoms with Crippen molar-refractivity contribution in [2.24, 2.45) is 0 Å². The van der Waals surface area contributed by atoms with Crippen LogP contribution in [0.5, 0.6) is 0 Å². The Morgan fingerprint density at radius 1 is 1.38 bits per heavy atom. The maximum absolute atomic E-state index is 12.6. The summed E-state index contributed by atoms with van der Waals surface area (Å²) in [4.78, 5) is 13.3. The van der Waals surface area contributed by atoms with Gasteiger partial charge >= 0.3 is 12.1 Å². The molecule has 0 aromatic carbocycles. The van der Waals surface area contributed by atoms with E-state index in [0.717, 1.165) is 12.8 Å². The first-order chi connectivity index (χ1) is 9.57. The maximum atomic E-state index is 12.6. The van der Waals surface area contributed by atoms with E-state index in [1.54, 1.807) is 6.92 Å². The number of methoxy groups -OCH3 is 1. The normalized spacial score (nSPS) is 18.9. The fourth-order valence-electron chi connectivity index (χ4n) is 2.52. The zero-order valence-corrected chi connectivity index (χ0v) is 13.1. The third-order valence-corrected chi connectivity index (χ3v) is 3.59. The summed E-state index contributed by atoms with van der Waals surface area (Å²) < 4.78 is 42.6. The third kappa shape index (κ3) is 6.22. The highest BCUT2D eigenvalue weighted by Crippen LogP contribution is 2.31. The van der Waals surface area contributed by atoms with E-state index in [1.807, 2.05) is 13.8 Å². The molecule has 21 heavy (non-hydrogen) atoms. The molecule has 0 amide bonds. The molecule has 1 aliphatic rings. The number of alkyl halides is 3. The van der Waals surface area contributed by atoms with Crippen molar-refractivity contribution in [2.75, 3.05) is 20.2 Å². The molecule has 0 aromatic heterocycles. The van der Waals surface area contributed by atoms with Crippen LogP contribution in [-0.2, 0) is 9.53 Å². The number of carbonyl (C=O) groups is 1. The van der Waals surface area contributed by atoms with Crippen LogP contribution in [0, 0.1) is 0 Å². The van der Waals surface area contributed by atoms with Gasteiger partial charge in [0.05, 0.1) is 13.7 Å². The van der Waals surface area contributed by atoms with Gasteiger partial charge < -0.3 is 4.74 Å². The smallest absolute Gasteiger partial charge is 0.401 e. The average Bonchev–Trinajstić information content (AvgIpc) is 3.15. The first-order valence-electron chi connectivity index (χ1n) is 7.24. The molecule has 1 fully saturated rings. The van der Waals surface area contributed by atoms with Crippen LogP contribution in [0.4, 0.5) is 13.2 Å². The van der Waals surface area contributed by atoms with Crippen molar-refractivity contribution in [1.29, 1.82) is 0 Å². The molecule has 1 aliphatic carbocycles. The standard InChI is InChI=1S/C14H25F3N2O2/c1-10(2)18-13(3,12(20)21-4)7-8-19(11-5-6-11)9-14(15,16)17/h10-11,18H,5-9H2,1-4H3. The van der Waals surface area contributed by atoms with E-state index in [-0.39, 0.29) is 25.0 Å². The molecule has 0 aliphatic heterocycles. The van der Waals surface area contributed by atoms with Crippen molar-refractivity contribution in [2.45, 2.75) is 63.8 Å². The lowest BCUT2D eigenvalue weighted by molar-refractivity contribution is -0.151. The molecular formula is C14H25F3N2O2. The quantitative estimate of drug-likeness (QED) is 0.699. The topological polar surface area (TPSA) is 41.6 Å². The van der Waals surface area contributed by atoms with Gasteiger partial charge in [0, 0.05) is 18.6 Å². The van der Waals surface area contributed by atoms with Crippen molar-refractivity contribution in [3.05, 3.63) is 0 Å². The molecule has 0 spiro atoms. The van der Waals surface area contributed by atoms with Gasteiger partial charge in [0.1, 0.15) is 5.54 Å². The van der Waals surface area contributed by atoms with Gasteiger partial charge in [0.25, 0.3) is 0 Å². The summed E-state index contributed by atoms with van der Waals surface area (Å²) in [5.74, 6) is -0.445. The molecule has 0 radical (unpaired) electrons. The summed E-state index contributed by atoms with van der Waals surface area (Å²) in [7, 11) is 1.29. The molecule has 0 heterocycles. The summed E-state index contributed by atoms with van der Waals surface area (Å²) >= 11 is 0. The number of halogens is 3. The number of esters is 1. The molecule has 0 bridgehead atoms. The summed E-state index contributed by atoms with van der Waals surface area (Å²) in [5.41, 5.74) is -0.971. The number of hydrogen-bond donors (Lipinski definition) is 1. The first-order valence-corrected chi connectivity index (χ1v) is 7.24. The van der Waals surface area contributed by atoms with E-state index >= 15 is 0 Å². The van der Waals surface area contributed by atoms with Crippen molar-refractivity contribution in [1.82, 2.24) is 10.2 Å². The second kappa shape index (κ2) is 6.96. The highest BCUT2D eigenvalue weighted by molar-refractivity contribution is 5.80. The van der Waals surface area contributed by atoms with Gasteiger partial charge in [-0.15, -0.1) is 0 Å². The lowest BCUT2D eigenvalue weighted by atomic mass is 9.96. The summed E-state index contributed by atoms with van der Waals surface area (Å²) in [6.45, 7) is 4.74. The number of ether oxygens (including phenoxy) is 1. The summed E-state index contributed by atoms with van der Waals surface area (Å²) in [6.07, 6.45) is -2.34. The lowest BCUT2D eigenvalue weighted by Crippen LogP contribution is -2.55. The zero-order valence-electron chi connectivity index (χ0n) is 13.1. The Morgan fingerprint density at radius 3 is 2.33 bits per heavy atom. The van der Waals surface area contributed by atoms with Crippen LogP contribution in [-0.4, -0.2) is 54.9 Å². The molecule has 1 atom stereocenters. The fraction of sp³-hybridized carbons (Fsp3) is 0.929. The van der Waals surface area contributed by atoms with Crippen LogP contribution >= 0.6 is 0 Å². The van der Waals surface area contributed by atoms with Gasteiger partial charge in [-0.05, 0) is 40.0 Å². The van der Waals surface area contributed by atoms with Crippen LogP contribution < -0.4 is 5.32 Å². The van der Waals surface area contributed by atoms with Crippen LogP contribution in [0.25, 0.3) is 0 Å². The Labute approximate surface area is 124 Å². The molecular weight excluding hydrogens is 285 g/mol. The van der Waals surface area contributed by atoms with Gasteiger partial charge in [-0.1, -0.05) is 0 Å². The molecule has 1 N–H and O–H groups in total. The zero-order chi connectivity index (χ0) is 16.3. The number of nitrogens with one attached hydrogen (secondary N) is 1. The van der Waals surface area contributed by atoms with E-state index in [2.05, 4.69) is 5.32 Å². The Balaban J connectivity index is 2.67. The minimum atomic E-state index is -4.21. The number of carbonyl (C=O) groups excluding carboxylic acids is 1. The highest BCUT2D eigenvalue weighted by Gasteiger charge is 2.41. The van der Waals surface area contributed by atoms with Crippen molar-refractivity contribution >= 4 is 5.97 Å². The van der Waals surface area contributed by atoms with Crippen LogP contribution in [0.1, 0.15) is 40.0 Å². The number of hydrogen-bond acceptors (Lipinski definition) is 4. The molecule has 1 rings (SSSR count). The predicted octanol–water partition coefficient (Wildman–Crippen LogP) is 2.33. The van der Waals surface area contributed by atoms with Gasteiger partial charge in [-0.3, -0.25) is 15.0 Å². The van der Waals surface area contributed by atoms with Crippen molar-refractivity contribution in [3.63, 3.8) is 0 Å². The summed E-state index contributed by atoms with van der Waals surface area (Å²) in [6, 6.07) is 0.0265. The molecule has 4 nitrogen and oxygen atoms in total. The molecule has 0 saturated heterocycles. The third-order valence-electron chi connectivity index (χ3n) is 3.59. The fourth-order valence-corrected chi connectivity index (χ4v) is 2.52. The SMILES string of the molecule is COC(=O)C(C)(CCN(CC(F)(F)F)C1CC1)NC(C)C. The Kier molecular flexibility index (Phi) is 6.04. The van der Waals surface area contributed by atoms with Gasteiger partial charge in [0.2, 0.25) is 0 Å². The van der Waals surface area contributed by atoms with Gasteiger partial charge in [-0.2, -0.15) is 13.2 Å². The highest BCUT2D eigenvalue weighted by atomic mass is 19.4. The molecule has 0 aromatic rings. The number of rotatable bonds is 8. The second-order valence-corrected chi connectivity index (χ2v) is 6.19. The number of nitrogens with zero attached hydrogens (tertiary/aromatic N) is 1. The molecule has 1 saturated carbocycles. The van der Waals surface area contributed by atoms with Crippen LogP contribution in [0.2, 0.25) is 0 Å². The monoisotopic (exact) mass is 310 g/mol. The summed E-state index contributed by atoms with van der Waals surface area (Å²) in [5, 5.41) is 3.10. The lowest BCUT2D eigenvalue weighted by Gasteiger charge is -2.33. The van der Waals surface area contributed by atoms with E-state index < -0.39 is 24.2 Å². The Bertz CT molecular complexity index is 357. The molecule has 1 unspecified atom stereocenters. The molecule has 7 heteroatoms. The first kappa shape index (κ1) is 18.2. The minimum absolute atomic E-state index is 0.00688. The van der Waals surface area contributed by atoms with E-state index in [0.29, 0.717) is 0 Å². The largest absolute Gasteiger partial charge is 0.468 e. The second-order valence-electron chi connectivity index (χ2n) is 6.19. The van der Waals surface area contributed by atoms with Crippen molar-refractivity contribution in [3.8, 4) is 0 Å². The minimum Gasteiger partial charge on any atom is -0.468 e. The maximum Gasteiger partial charge on any atom is 0.401 e. The Morgan fingerprint density at radius 2 is 1.95 bits per heavy atom. The van der Waals surface area contributed by atoms with E-state index in [1.165, 1.54) is 12.0 Å². The van der Waals surface area contributed by atoms with Crippen molar-refractivity contribution < 1.29 is 22.7 Å². The van der Waals surface area contributed by atoms with Crippen LogP contribution in [0.15, 0.2) is 0 Å². The predicted molar refractivity (Wildman–Crippen MR) is 74.0 cm³/mol.